The molecule has 0 bridgehead atoms. The Morgan fingerprint density at radius 2 is 2.10 bits per heavy atom. The molecule has 5 nitrogen and oxygen atoms in total. The first kappa shape index (κ1) is 14.3. The lowest BCUT2D eigenvalue weighted by Crippen LogP contribution is -2.13. The molecule has 1 aromatic carbocycles. The molecule has 2 aromatic rings. The summed E-state index contributed by atoms with van der Waals surface area (Å²) in [5, 5.41) is 7.66. The highest BCUT2D eigenvalue weighted by Crippen LogP contribution is 2.26. The van der Waals surface area contributed by atoms with Crippen LogP contribution in [0.1, 0.15) is 16.8 Å². The maximum absolute atomic E-state index is 5.78. The minimum atomic E-state index is 0.336. The van der Waals surface area contributed by atoms with Crippen LogP contribution in [0.15, 0.2) is 18.2 Å². The molecular formula is C14H18N4OS. The highest BCUT2D eigenvalue weighted by atomic mass is 32.1. The van der Waals surface area contributed by atoms with Gasteiger partial charge in [0, 0.05) is 12.7 Å². The average Bonchev–Trinajstić information content (AvgIpc) is 2.64. The maximum Gasteiger partial charge on any atom is 0.138 e. The third kappa shape index (κ3) is 2.60. The van der Waals surface area contributed by atoms with Crippen LogP contribution in [0, 0.1) is 13.8 Å². The number of benzene rings is 1. The van der Waals surface area contributed by atoms with Crippen molar-refractivity contribution in [1.29, 1.82) is 0 Å². The average molecular weight is 290 g/mol. The van der Waals surface area contributed by atoms with Gasteiger partial charge in [0.2, 0.25) is 0 Å². The van der Waals surface area contributed by atoms with Gasteiger partial charge in [-0.1, -0.05) is 12.2 Å². The van der Waals surface area contributed by atoms with Gasteiger partial charge in [-0.15, -0.1) is 0 Å². The Hall–Kier alpha value is -2.08. The van der Waals surface area contributed by atoms with Crippen LogP contribution in [0.25, 0.3) is 0 Å². The van der Waals surface area contributed by atoms with E-state index in [-0.39, 0.29) is 0 Å². The molecule has 0 atom stereocenters. The minimum absolute atomic E-state index is 0.336. The molecule has 3 N–H and O–H groups in total. The quantitative estimate of drug-likeness (QED) is 0.847. The fourth-order valence-corrected chi connectivity index (χ4v) is 2.43. The summed E-state index contributed by atoms with van der Waals surface area (Å²) in [6.45, 7) is 3.88. The lowest BCUT2D eigenvalue weighted by molar-refractivity contribution is 0.412. The zero-order chi connectivity index (χ0) is 14.9. The standard InChI is InChI=1S/C14H18N4OS/c1-8-7-10(5-6-11(8)19-4)16-14-12(13(15)20)9(2)17-18(14)3/h5-7,16H,1-4H3,(H2,15,20). The summed E-state index contributed by atoms with van der Waals surface area (Å²) in [7, 11) is 3.51. The monoisotopic (exact) mass is 290 g/mol. The van der Waals surface area contributed by atoms with Crippen molar-refractivity contribution in [2.24, 2.45) is 12.8 Å². The van der Waals surface area contributed by atoms with E-state index in [2.05, 4.69) is 10.4 Å². The maximum atomic E-state index is 5.78. The zero-order valence-corrected chi connectivity index (χ0v) is 12.8. The molecule has 0 aliphatic heterocycles. The number of nitrogens with two attached hydrogens (primary N) is 1. The molecule has 0 spiro atoms. The summed E-state index contributed by atoms with van der Waals surface area (Å²) in [4.78, 5) is 0.336. The van der Waals surface area contributed by atoms with Crippen molar-refractivity contribution in [2.75, 3.05) is 12.4 Å². The normalized spacial score (nSPS) is 10.4. The number of hydrogen-bond acceptors (Lipinski definition) is 4. The molecule has 0 saturated heterocycles. The number of thiocarbonyl (C=S) groups is 1. The number of methoxy groups -OCH3 is 1. The van der Waals surface area contributed by atoms with Crippen LogP contribution in [0.2, 0.25) is 0 Å². The largest absolute Gasteiger partial charge is 0.496 e. The summed E-state index contributed by atoms with van der Waals surface area (Å²) in [6, 6.07) is 5.86. The smallest absolute Gasteiger partial charge is 0.138 e. The molecule has 0 aliphatic rings. The van der Waals surface area contributed by atoms with Gasteiger partial charge in [0.15, 0.2) is 0 Å². The van der Waals surface area contributed by atoms with Gasteiger partial charge in [-0.2, -0.15) is 5.10 Å². The van der Waals surface area contributed by atoms with E-state index >= 15 is 0 Å². The first-order valence-corrected chi connectivity index (χ1v) is 6.60. The predicted octanol–water partition coefficient (Wildman–Crippen LogP) is 2.42. The minimum Gasteiger partial charge on any atom is -0.496 e. The highest BCUT2D eigenvalue weighted by Gasteiger charge is 2.15. The summed E-state index contributed by atoms with van der Waals surface area (Å²) in [5.74, 6) is 1.64. The molecule has 2 rings (SSSR count). The van der Waals surface area contributed by atoms with Crippen molar-refractivity contribution in [3.05, 3.63) is 35.0 Å². The number of ether oxygens (including phenoxy) is 1. The Labute approximate surface area is 123 Å². The van der Waals surface area contributed by atoms with Crippen molar-refractivity contribution in [1.82, 2.24) is 9.78 Å². The number of aromatic nitrogens is 2. The van der Waals surface area contributed by atoms with Crippen molar-refractivity contribution in [3.63, 3.8) is 0 Å². The van der Waals surface area contributed by atoms with Gasteiger partial charge in [-0.3, -0.25) is 4.68 Å². The van der Waals surface area contributed by atoms with E-state index in [1.54, 1.807) is 11.8 Å². The highest BCUT2D eigenvalue weighted by molar-refractivity contribution is 7.80. The SMILES string of the molecule is COc1ccc(Nc2c(C(N)=S)c(C)nn2C)cc1C. The molecule has 0 amide bonds. The number of rotatable bonds is 4. The molecule has 1 heterocycles. The summed E-state index contributed by atoms with van der Waals surface area (Å²) in [5.41, 5.74) is 9.35. The first-order valence-electron chi connectivity index (χ1n) is 6.19. The van der Waals surface area contributed by atoms with Crippen molar-refractivity contribution >= 4 is 28.7 Å². The summed E-state index contributed by atoms with van der Waals surface area (Å²) >= 11 is 5.10. The fraction of sp³-hybridized carbons (Fsp3) is 0.286. The van der Waals surface area contributed by atoms with Crippen molar-refractivity contribution < 1.29 is 4.74 Å². The molecule has 106 valence electrons. The van der Waals surface area contributed by atoms with Crippen LogP contribution in [0.3, 0.4) is 0 Å². The van der Waals surface area contributed by atoms with E-state index < -0.39 is 0 Å². The van der Waals surface area contributed by atoms with E-state index in [4.69, 9.17) is 22.7 Å². The second-order valence-corrected chi connectivity index (χ2v) is 5.05. The molecule has 20 heavy (non-hydrogen) atoms. The van der Waals surface area contributed by atoms with E-state index in [1.165, 1.54) is 0 Å². The van der Waals surface area contributed by atoms with Gasteiger partial charge in [0.05, 0.1) is 18.4 Å². The predicted molar refractivity (Wildman–Crippen MR) is 84.8 cm³/mol. The second kappa shape index (κ2) is 5.50. The topological polar surface area (TPSA) is 65.1 Å². The van der Waals surface area contributed by atoms with Crippen LogP contribution in [0.5, 0.6) is 5.75 Å². The van der Waals surface area contributed by atoms with Gasteiger partial charge in [-0.25, -0.2) is 0 Å². The third-order valence-corrected chi connectivity index (χ3v) is 3.33. The van der Waals surface area contributed by atoms with Gasteiger partial charge >= 0.3 is 0 Å². The number of anilines is 2. The molecular weight excluding hydrogens is 272 g/mol. The van der Waals surface area contributed by atoms with Crippen LogP contribution >= 0.6 is 12.2 Å². The van der Waals surface area contributed by atoms with Crippen LogP contribution < -0.4 is 15.8 Å². The fourth-order valence-electron chi connectivity index (χ4n) is 2.19. The zero-order valence-electron chi connectivity index (χ0n) is 12.0. The lowest BCUT2D eigenvalue weighted by atomic mass is 10.2. The molecule has 0 unspecified atom stereocenters. The Morgan fingerprint density at radius 3 is 2.65 bits per heavy atom. The summed E-state index contributed by atoms with van der Waals surface area (Å²) < 4.78 is 6.99. The number of nitrogens with zero attached hydrogens (tertiary/aromatic N) is 2. The molecule has 6 heteroatoms. The van der Waals surface area contributed by atoms with E-state index in [9.17, 15) is 0 Å². The summed E-state index contributed by atoms with van der Waals surface area (Å²) in [6.07, 6.45) is 0. The van der Waals surface area contributed by atoms with Crippen LogP contribution in [-0.4, -0.2) is 21.9 Å². The van der Waals surface area contributed by atoms with Crippen molar-refractivity contribution in [3.8, 4) is 5.75 Å². The van der Waals surface area contributed by atoms with Crippen LogP contribution in [0.4, 0.5) is 11.5 Å². The van der Waals surface area contributed by atoms with Gasteiger partial charge in [0.25, 0.3) is 0 Å². The van der Waals surface area contributed by atoms with Gasteiger partial charge < -0.3 is 15.8 Å². The molecule has 1 aromatic heterocycles. The number of hydrogen-bond donors (Lipinski definition) is 2. The Morgan fingerprint density at radius 1 is 1.40 bits per heavy atom. The van der Waals surface area contributed by atoms with Crippen molar-refractivity contribution in [2.45, 2.75) is 13.8 Å². The second-order valence-electron chi connectivity index (χ2n) is 4.61. The Balaban J connectivity index is 2.40. The van der Waals surface area contributed by atoms with E-state index in [0.29, 0.717) is 4.99 Å². The van der Waals surface area contributed by atoms with Gasteiger partial charge in [0.1, 0.15) is 16.6 Å². The van der Waals surface area contributed by atoms with Gasteiger partial charge in [-0.05, 0) is 37.6 Å². The van der Waals surface area contributed by atoms with Crippen LogP contribution in [-0.2, 0) is 7.05 Å². The lowest BCUT2D eigenvalue weighted by Gasteiger charge is -2.11. The molecule has 0 aliphatic carbocycles. The Kier molecular flexibility index (Phi) is 3.94. The van der Waals surface area contributed by atoms with E-state index in [1.807, 2.05) is 39.1 Å². The first-order chi connectivity index (χ1) is 9.43. The number of aryl methyl sites for hydroxylation is 3. The molecule has 0 radical (unpaired) electrons. The third-order valence-electron chi connectivity index (χ3n) is 3.13. The number of nitrogens with one attached hydrogen (secondary N) is 1. The van der Waals surface area contributed by atoms with E-state index in [0.717, 1.165) is 34.1 Å². The molecule has 0 saturated carbocycles. The Bertz CT molecular complexity index is 663. The molecule has 0 fully saturated rings.